The van der Waals surface area contributed by atoms with Gasteiger partial charge in [0.2, 0.25) is 0 Å². The Morgan fingerprint density at radius 1 is 1.16 bits per heavy atom. The third-order valence-corrected chi connectivity index (χ3v) is 2.80. The van der Waals surface area contributed by atoms with Crippen LogP contribution in [0.4, 0.5) is 0 Å². The summed E-state index contributed by atoms with van der Waals surface area (Å²) in [6.07, 6.45) is 0. The van der Waals surface area contributed by atoms with Crippen molar-refractivity contribution in [3.63, 3.8) is 0 Å². The molecule has 1 heterocycles. The lowest BCUT2D eigenvalue weighted by Gasteiger charge is -2.10. The van der Waals surface area contributed by atoms with Gasteiger partial charge in [0.1, 0.15) is 0 Å². The first-order valence-corrected chi connectivity index (χ1v) is 6.00. The third kappa shape index (κ3) is 2.98. The predicted molar refractivity (Wildman–Crippen MR) is 73.6 cm³/mol. The van der Waals surface area contributed by atoms with E-state index >= 15 is 0 Å². The van der Waals surface area contributed by atoms with Crippen molar-refractivity contribution in [2.45, 2.75) is 6.61 Å². The fraction of sp³-hybridized carbons (Fsp3) is 0.200. The lowest BCUT2D eigenvalue weighted by atomic mass is 10.1. The van der Waals surface area contributed by atoms with Crippen molar-refractivity contribution < 1.29 is 9.90 Å². The first-order chi connectivity index (χ1) is 9.11. The minimum absolute atomic E-state index is 0.0244. The Balaban J connectivity index is 2.29. The second-order valence-electron chi connectivity index (χ2n) is 4.45. The van der Waals surface area contributed by atoms with E-state index in [0.29, 0.717) is 11.3 Å². The number of hydrogen-bond acceptors (Lipinski definition) is 3. The van der Waals surface area contributed by atoms with E-state index in [2.05, 4.69) is 4.98 Å². The van der Waals surface area contributed by atoms with Gasteiger partial charge in [0.15, 0.2) is 0 Å². The lowest BCUT2D eigenvalue weighted by Crippen LogP contribution is -2.21. The van der Waals surface area contributed by atoms with Crippen LogP contribution in [0.25, 0.3) is 11.3 Å². The summed E-state index contributed by atoms with van der Waals surface area (Å²) in [4.78, 5) is 17.6. The molecule has 1 aromatic heterocycles. The average molecular weight is 256 g/mol. The molecule has 1 N–H and O–H groups in total. The van der Waals surface area contributed by atoms with Crippen LogP contribution in [0.3, 0.4) is 0 Å². The summed E-state index contributed by atoms with van der Waals surface area (Å²) in [5, 5.41) is 9.07. The molecular formula is C15H16N2O2. The Morgan fingerprint density at radius 3 is 2.42 bits per heavy atom. The minimum Gasteiger partial charge on any atom is -0.390 e. The quantitative estimate of drug-likeness (QED) is 0.913. The van der Waals surface area contributed by atoms with Crippen molar-refractivity contribution in [2.24, 2.45) is 0 Å². The number of pyridine rings is 1. The van der Waals surface area contributed by atoms with Crippen LogP contribution in [0.5, 0.6) is 0 Å². The standard InChI is InChI=1S/C15H16N2O2/c1-17(2)15(19)12-8-6-11(7-9-12)14-5-3-4-13(10-18)16-14/h3-9,18H,10H2,1-2H3. The van der Waals surface area contributed by atoms with E-state index in [9.17, 15) is 4.79 Å². The molecule has 1 aromatic carbocycles. The molecule has 4 nitrogen and oxygen atoms in total. The van der Waals surface area contributed by atoms with Crippen LogP contribution < -0.4 is 0 Å². The maximum absolute atomic E-state index is 11.8. The molecular weight excluding hydrogens is 240 g/mol. The van der Waals surface area contributed by atoms with Crippen LogP contribution in [0.1, 0.15) is 16.1 Å². The summed E-state index contributed by atoms with van der Waals surface area (Å²) in [5.41, 5.74) is 2.99. The summed E-state index contributed by atoms with van der Waals surface area (Å²) < 4.78 is 0. The summed E-state index contributed by atoms with van der Waals surface area (Å²) >= 11 is 0. The van der Waals surface area contributed by atoms with Gasteiger partial charge in [0.05, 0.1) is 18.0 Å². The molecule has 2 aromatic rings. The Kier molecular flexibility index (Phi) is 3.92. The second-order valence-corrected chi connectivity index (χ2v) is 4.45. The molecule has 1 amide bonds. The minimum atomic E-state index is -0.0783. The highest BCUT2D eigenvalue weighted by Crippen LogP contribution is 2.18. The number of benzene rings is 1. The van der Waals surface area contributed by atoms with Crippen LogP contribution in [-0.4, -0.2) is 35.0 Å². The van der Waals surface area contributed by atoms with Crippen LogP contribution >= 0.6 is 0 Å². The number of carbonyl (C=O) groups is 1. The monoisotopic (exact) mass is 256 g/mol. The number of nitrogens with zero attached hydrogens (tertiary/aromatic N) is 2. The van der Waals surface area contributed by atoms with Crippen LogP contribution in [-0.2, 0) is 6.61 Å². The van der Waals surface area contributed by atoms with Crippen molar-refractivity contribution in [3.05, 3.63) is 53.7 Å². The molecule has 0 unspecified atom stereocenters. The number of aromatic nitrogens is 1. The van der Waals surface area contributed by atoms with Crippen molar-refractivity contribution in [3.8, 4) is 11.3 Å². The number of hydrogen-bond donors (Lipinski definition) is 1. The smallest absolute Gasteiger partial charge is 0.253 e. The van der Waals surface area contributed by atoms with Gasteiger partial charge in [-0.1, -0.05) is 18.2 Å². The molecule has 0 atom stereocenters. The van der Waals surface area contributed by atoms with Gasteiger partial charge >= 0.3 is 0 Å². The normalized spacial score (nSPS) is 10.3. The van der Waals surface area contributed by atoms with E-state index in [4.69, 9.17) is 5.11 Å². The molecule has 2 rings (SSSR count). The summed E-state index contributed by atoms with van der Waals surface area (Å²) in [6.45, 7) is -0.0783. The molecule has 0 fully saturated rings. The highest BCUT2D eigenvalue weighted by Gasteiger charge is 2.08. The van der Waals surface area contributed by atoms with Crippen molar-refractivity contribution in [2.75, 3.05) is 14.1 Å². The van der Waals surface area contributed by atoms with E-state index in [1.165, 1.54) is 0 Å². The number of aliphatic hydroxyl groups excluding tert-OH is 1. The zero-order valence-electron chi connectivity index (χ0n) is 11.0. The molecule has 4 heteroatoms. The maximum Gasteiger partial charge on any atom is 0.253 e. The fourth-order valence-electron chi connectivity index (χ4n) is 1.77. The zero-order valence-corrected chi connectivity index (χ0v) is 11.0. The molecule has 0 radical (unpaired) electrons. The number of carbonyl (C=O) groups excluding carboxylic acids is 1. The molecule has 0 aliphatic heterocycles. The van der Waals surface area contributed by atoms with Gasteiger partial charge in [-0.3, -0.25) is 9.78 Å². The van der Waals surface area contributed by atoms with Gasteiger partial charge in [-0.05, 0) is 24.3 Å². The van der Waals surface area contributed by atoms with Crippen molar-refractivity contribution in [1.29, 1.82) is 0 Å². The topological polar surface area (TPSA) is 53.4 Å². The van der Waals surface area contributed by atoms with Crippen molar-refractivity contribution in [1.82, 2.24) is 9.88 Å². The van der Waals surface area contributed by atoms with Crippen LogP contribution in [0, 0.1) is 0 Å². The van der Waals surface area contributed by atoms with E-state index < -0.39 is 0 Å². The van der Waals surface area contributed by atoms with Gasteiger partial charge in [0, 0.05) is 25.2 Å². The average Bonchev–Trinajstić information content (AvgIpc) is 2.46. The second kappa shape index (κ2) is 5.63. The van der Waals surface area contributed by atoms with Gasteiger partial charge in [0.25, 0.3) is 5.91 Å². The molecule has 0 aliphatic rings. The Morgan fingerprint density at radius 2 is 1.84 bits per heavy atom. The number of rotatable bonds is 3. The third-order valence-electron chi connectivity index (χ3n) is 2.80. The van der Waals surface area contributed by atoms with E-state index in [0.717, 1.165) is 11.3 Å². The van der Waals surface area contributed by atoms with Crippen LogP contribution in [0.15, 0.2) is 42.5 Å². The SMILES string of the molecule is CN(C)C(=O)c1ccc(-c2cccc(CO)n2)cc1. The maximum atomic E-state index is 11.8. The Bertz CT molecular complexity index is 577. The molecule has 0 saturated heterocycles. The highest BCUT2D eigenvalue weighted by molar-refractivity contribution is 5.94. The fourth-order valence-corrected chi connectivity index (χ4v) is 1.77. The summed E-state index contributed by atoms with van der Waals surface area (Å²) in [6, 6.07) is 12.8. The molecule has 19 heavy (non-hydrogen) atoms. The van der Waals surface area contributed by atoms with E-state index in [1.807, 2.05) is 24.3 Å². The first kappa shape index (κ1) is 13.2. The summed E-state index contributed by atoms with van der Waals surface area (Å²) in [5.74, 6) is -0.0244. The highest BCUT2D eigenvalue weighted by atomic mass is 16.3. The van der Waals surface area contributed by atoms with E-state index in [-0.39, 0.29) is 12.5 Å². The Hall–Kier alpha value is -2.20. The van der Waals surface area contributed by atoms with Gasteiger partial charge in [-0.25, -0.2) is 0 Å². The molecule has 0 saturated carbocycles. The largest absolute Gasteiger partial charge is 0.390 e. The van der Waals surface area contributed by atoms with Gasteiger partial charge in [-0.15, -0.1) is 0 Å². The zero-order chi connectivity index (χ0) is 13.8. The molecule has 0 bridgehead atoms. The van der Waals surface area contributed by atoms with Gasteiger partial charge < -0.3 is 10.0 Å². The Labute approximate surface area is 112 Å². The predicted octanol–water partition coefficient (Wildman–Crippen LogP) is 1.94. The first-order valence-electron chi connectivity index (χ1n) is 6.00. The van der Waals surface area contributed by atoms with Crippen molar-refractivity contribution >= 4 is 5.91 Å². The molecule has 98 valence electrons. The lowest BCUT2D eigenvalue weighted by molar-refractivity contribution is 0.0827. The van der Waals surface area contributed by atoms with Crippen LogP contribution in [0.2, 0.25) is 0 Å². The van der Waals surface area contributed by atoms with Gasteiger partial charge in [-0.2, -0.15) is 0 Å². The molecule has 0 spiro atoms. The number of amides is 1. The summed E-state index contributed by atoms with van der Waals surface area (Å²) in [7, 11) is 3.45. The number of aliphatic hydroxyl groups is 1. The van der Waals surface area contributed by atoms with E-state index in [1.54, 1.807) is 37.2 Å². The molecule has 0 aliphatic carbocycles.